The van der Waals surface area contributed by atoms with Crippen LogP contribution in [0.3, 0.4) is 0 Å². The van der Waals surface area contributed by atoms with Gasteiger partial charge in [0.2, 0.25) is 5.91 Å². The standard InChI is InChI=1S/C18H16F3N3O2S/c19-18(20,21)10-23-16(25)14(24-17(26)15-6-3-7-27-15)8-11-9-22-13-5-2-1-4-12(11)13/h1-7,9,14,22H,8,10H2,(H,23,25)(H,24,26). The van der Waals surface area contributed by atoms with Crippen LogP contribution in [0.5, 0.6) is 0 Å². The second-order valence-corrected chi connectivity index (χ2v) is 6.85. The van der Waals surface area contributed by atoms with E-state index in [-0.39, 0.29) is 6.42 Å². The first-order valence-corrected chi connectivity index (χ1v) is 8.95. The lowest BCUT2D eigenvalue weighted by Gasteiger charge is -2.18. The maximum absolute atomic E-state index is 12.4. The van der Waals surface area contributed by atoms with Gasteiger partial charge in [0, 0.05) is 23.5 Å². The molecular weight excluding hydrogens is 379 g/mol. The van der Waals surface area contributed by atoms with Gasteiger partial charge in [-0.3, -0.25) is 9.59 Å². The first-order chi connectivity index (χ1) is 12.8. The molecule has 2 aromatic heterocycles. The lowest BCUT2D eigenvalue weighted by molar-refractivity contribution is -0.139. The predicted molar refractivity (Wildman–Crippen MR) is 96.6 cm³/mol. The first kappa shape index (κ1) is 19.0. The Balaban J connectivity index is 1.80. The molecule has 0 aliphatic heterocycles. The number of thiophene rings is 1. The van der Waals surface area contributed by atoms with E-state index in [1.165, 1.54) is 11.3 Å². The van der Waals surface area contributed by atoms with E-state index in [0.717, 1.165) is 16.5 Å². The number of rotatable bonds is 6. The molecule has 27 heavy (non-hydrogen) atoms. The van der Waals surface area contributed by atoms with Crippen molar-refractivity contribution in [1.82, 2.24) is 15.6 Å². The normalized spacial score (nSPS) is 12.7. The van der Waals surface area contributed by atoms with Gasteiger partial charge in [-0.25, -0.2) is 0 Å². The zero-order valence-corrected chi connectivity index (χ0v) is 14.8. The molecule has 1 aromatic carbocycles. The Hall–Kier alpha value is -2.81. The van der Waals surface area contributed by atoms with E-state index in [2.05, 4.69) is 10.3 Å². The van der Waals surface area contributed by atoms with Gasteiger partial charge in [0.25, 0.3) is 5.91 Å². The monoisotopic (exact) mass is 395 g/mol. The SMILES string of the molecule is O=C(NC(Cc1c[nH]c2ccccc12)C(=O)NCC(F)(F)F)c1cccs1. The molecule has 1 unspecified atom stereocenters. The molecule has 1 atom stereocenters. The largest absolute Gasteiger partial charge is 0.405 e. The van der Waals surface area contributed by atoms with E-state index >= 15 is 0 Å². The Bertz CT molecular complexity index is 935. The second kappa shape index (κ2) is 7.83. The highest BCUT2D eigenvalue weighted by Crippen LogP contribution is 2.20. The van der Waals surface area contributed by atoms with Crippen molar-refractivity contribution in [3.8, 4) is 0 Å². The number of benzene rings is 1. The molecule has 0 fully saturated rings. The number of fused-ring (bicyclic) bond motifs is 1. The van der Waals surface area contributed by atoms with Crippen LogP contribution in [0.15, 0.2) is 48.0 Å². The maximum atomic E-state index is 12.4. The summed E-state index contributed by atoms with van der Waals surface area (Å²) in [5.74, 6) is -1.39. The number of carbonyl (C=O) groups is 2. The first-order valence-electron chi connectivity index (χ1n) is 8.07. The van der Waals surface area contributed by atoms with Crippen molar-refractivity contribution in [1.29, 1.82) is 0 Å². The van der Waals surface area contributed by atoms with Crippen molar-refractivity contribution in [2.75, 3.05) is 6.54 Å². The minimum absolute atomic E-state index is 0.0603. The minimum Gasteiger partial charge on any atom is -0.361 e. The Kier molecular flexibility index (Phi) is 5.50. The van der Waals surface area contributed by atoms with Crippen LogP contribution in [0.25, 0.3) is 10.9 Å². The highest BCUT2D eigenvalue weighted by atomic mass is 32.1. The molecular formula is C18H16F3N3O2S. The summed E-state index contributed by atoms with van der Waals surface area (Å²) in [6.07, 6.45) is -2.78. The second-order valence-electron chi connectivity index (χ2n) is 5.90. The Morgan fingerprint density at radius 2 is 1.93 bits per heavy atom. The summed E-state index contributed by atoms with van der Waals surface area (Å²) in [6, 6.07) is 9.47. The van der Waals surface area contributed by atoms with E-state index in [9.17, 15) is 22.8 Å². The van der Waals surface area contributed by atoms with Crippen molar-refractivity contribution in [2.45, 2.75) is 18.6 Å². The van der Waals surface area contributed by atoms with Gasteiger partial charge < -0.3 is 15.6 Å². The van der Waals surface area contributed by atoms with Crippen LogP contribution >= 0.6 is 11.3 Å². The molecule has 3 N–H and O–H groups in total. The molecule has 0 aliphatic rings. The summed E-state index contributed by atoms with van der Waals surface area (Å²) in [5, 5.41) is 6.93. The lowest BCUT2D eigenvalue weighted by atomic mass is 10.0. The van der Waals surface area contributed by atoms with Crippen molar-refractivity contribution >= 4 is 34.1 Å². The number of nitrogens with one attached hydrogen (secondary N) is 3. The number of hydrogen-bond acceptors (Lipinski definition) is 3. The smallest absolute Gasteiger partial charge is 0.361 e. The van der Waals surface area contributed by atoms with Gasteiger partial charge in [0.15, 0.2) is 0 Å². The van der Waals surface area contributed by atoms with Gasteiger partial charge in [0.05, 0.1) is 4.88 Å². The number of carbonyl (C=O) groups excluding carboxylic acids is 2. The number of aromatic amines is 1. The molecule has 142 valence electrons. The molecule has 5 nitrogen and oxygen atoms in total. The Morgan fingerprint density at radius 1 is 1.15 bits per heavy atom. The topological polar surface area (TPSA) is 74.0 Å². The van der Waals surface area contributed by atoms with Crippen LogP contribution in [-0.2, 0) is 11.2 Å². The number of halogens is 3. The summed E-state index contributed by atoms with van der Waals surface area (Å²) in [6.45, 7) is -1.45. The van der Waals surface area contributed by atoms with Gasteiger partial charge >= 0.3 is 6.18 Å². The molecule has 2 amide bonds. The molecule has 0 spiro atoms. The fraction of sp³-hybridized carbons (Fsp3) is 0.222. The number of aromatic nitrogens is 1. The molecule has 2 heterocycles. The summed E-state index contributed by atoms with van der Waals surface area (Å²) in [7, 11) is 0. The molecule has 0 saturated heterocycles. The third kappa shape index (κ3) is 4.88. The average Bonchev–Trinajstić information content (AvgIpc) is 3.29. The third-order valence-electron chi connectivity index (χ3n) is 3.93. The molecule has 0 radical (unpaired) electrons. The summed E-state index contributed by atoms with van der Waals surface area (Å²) < 4.78 is 37.3. The predicted octanol–water partition coefficient (Wildman–Crippen LogP) is 3.25. The van der Waals surface area contributed by atoms with Crippen LogP contribution in [0.4, 0.5) is 13.2 Å². The fourth-order valence-corrected chi connectivity index (χ4v) is 3.30. The van der Waals surface area contributed by atoms with Crippen molar-refractivity contribution < 1.29 is 22.8 Å². The van der Waals surface area contributed by atoms with E-state index in [4.69, 9.17) is 0 Å². The maximum Gasteiger partial charge on any atom is 0.405 e. The third-order valence-corrected chi connectivity index (χ3v) is 4.80. The molecule has 3 aromatic rings. The molecule has 0 aliphatic carbocycles. The molecule has 0 bridgehead atoms. The van der Waals surface area contributed by atoms with Gasteiger partial charge in [-0.05, 0) is 23.1 Å². The van der Waals surface area contributed by atoms with E-state index in [0.29, 0.717) is 4.88 Å². The van der Waals surface area contributed by atoms with Crippen LogP contribution in [0, 0.1) is 0 Å². The van der Waals surface area contributed by atoms with Crippen molar-refractivity contribution in [2.24, 2.45) is 0 Å². The summed E-state index contributed by atoms with van der Waals surface area (Å²) >= 11 is 1.18. The van der Waals surface area contributed by atoms with Crippen molar-refractivity contribution in [3.63, 3.8) is 0 Å². The van der Waals surface area contributed by atoms with Crippen LogP contribution in [0.2, 0.25) is 0 Å². The van der Waals surface area contributed by atoms with Crippen LogP contribution in [-0.4, -0.2) is 35.6 Å². The van der Waals surface area contributed by atoms with E-state index in [1.54, 1.807) is 23.7 Å². The molecule has 0 saturated carbocycles. The number of H-pyrrole nitrogens is 1. The quantitative estimate of drug-likeness (QED) is 0.600. The highest BCUT2D eigenvalue weighted by Gasteiger charge is 2.30. The van der Waals surface area contributed by atoms with Gasteiger partial charge in [-0.2, -0.15) is 13.2 Å². The van der Waals surface area contributed by atoms with E-state index < -0.39 is 30.6 Å². The zero-order valence-electron chi connectivity index (χ0n) is 14.0. The van der Waals surface area contributed by atoms with Crippen molar-refractivity contribution in [3.05, 3.63) is 58.4 Å². The van der Waals surface area contributed by atoms with E-state index in [1.807, 2.05) is 29.6 Å². The Labute approximate surface area is 156 Å². The minimum atomic E-state index is -4.53. The highest BCUT2D eigenvalue weighted by molar-refractivity contribution is 7.12. The summed E-state index contributed by atoms with van der Waals surface area (Å²) in [4.78, 5) is 28.1. The number of alkyl halides is 3. The van der Waals surface area contributed by atoms with Gasteiger partial charge in [-0.15, -0.1) is 11.3 Å². The van der Waals surface area contributed by atoms with Gasteiger partial charge in [0.1, 0.15) is 12.6 Å². The summed E-state index contributed by atoms with van der Waals surface area (Å²) in [5.41, 5.74) is 1.57. The lowest BCUT2D eigenvalue weighted by Crippen LogP contribution is -2.49. The average molecular weight is 395 g/mol. The number of para-hydroxylation sites is 1. The Morgan fingerprint density at radius 3 is 2.63 bits per heavy atom. The number of hydrogen-bond donors (Lipinski definition) is 3. The van der Waals surface area contributed by atoms with Gasteiger partial charge in [-0.1, -0.05) is 24.3 Å². The van der Waals surface area contributed by atoms with Crippen LogP contribution < -0.4 is 10.6 Å². The number of amides is 2. The zero-order chi connectivity index (χ0) is 19.4. The molecule has 9 heteroatoms. The molecule has 3 rings (SSSR count). The van der Waals surface area contributed by atoms with Crippen LogP contribution in [0.1, 0.15) is 15.2 Å². The fourth-order valence-electron chi connectivity index (χ4n) is 2.68.